The van der Waals surface area contributed by atoms with Crippen molar-refractivity contribution < 1.29 is 33.9 Å². The molecule has 0 aliphatic carbocycles. The molecule has 2 aromatic heterocycles. The van der Waals surface area contributed by atoms with Crippen molar-refractivity contribution in [3.8, 4) is 0 Å². The number of aliphatic hydroxyl groups excluding tert-OH is 2. The van der Waals surface area contributed by atoms with E-state index in [4.69, 9.17) is 9.26 Å². The Bertz CT molecular complexity index is 1670. The van der Waals surface area contributed by atoms with Crippen LogP contribution in [-0.2, 0) is 35.5 Å². The summed E-state index contributed by atoms with van der Waals surface area (Å²) in [6.07, 6.45) is -2.34. The Morgan fingerprint density at radius 3 is 2.22 bits per heavy atom. The topological polar surface area (TPSA) is 179 Å². The van der Waals surface area contributed by atoms with Gasteiger partial charge in [0.25, 0.3) is 0 Å². The lowest BCUT2D eigenvalue weighted by Gasteiger charge is -2.42. The van der Waals surface area contributed by atoms with E-state index in [2.05, 4.69) is 26.1 Å². The molecule has 0 saturated carbocycles. The molecule has 0 spiro atoms. The van der Waals surface area contributed by atoms with Gasteiger partial charge in [-0.15, -0.1) is 11.3 Å². The molecule has 0 unspecified atom stereocenters. The zero-order chi connectivity index (χ0) is 37.0. The van der Waals surface area contributed by atoms with Gasteiger partial charge in [-0.2, -0.15) is 0 Å². The molecule has 0 aliphatic heterocycles. The largest absolute Gasteiger partial charge is 0.441 e. The molecule has 13 nitrogen and oxygen atoms in total. The van der Waals surface area contributed by atoms with Crippen molar-refractivity contribution in [3.05, 3.63) is 106 Å². The number of ether oxygens (including phenoxy) is 1. The number of benzene rings is 2. The fourth-order valence-electron chi connectivity index (χ4n) is 5.46. The summed E-state index contributed by atoms with van der Waals surface area (Å²) in [4.78, 5) is 47.1. The predicted octanol–water partition coefficient (Wildman–Crippen LogP) is 4.76. The predicted molar refractivity (Wildman–Crippen MR) is 192 cm³/mol. The molecule has 0 radical (unpaired) electrons. The molecule has 4 amide bonds. The number of aromatic nitrogens is 2. The number of aryl methyl sites for hydroxylation is 1. The highest BCUT2D eigenvalue weighted by atomic mass is 32.1. The van der Waals surface area contributed by atoms with Crippen LogP contribution < -0.4 is 16.0 Å². The molecule has 0 fully saturated rings. The Kier molecular flexibility index (Phi) is 14.1. The highest BCUT2D eigenvalue weighted by Gasteiger charge is 2.46. The minimum absolute atomic E-state index is 0.108. The minimum atomic E-state index is -2.00. The SMILES string of the molecule is CC(C)c1nc(CN(C)C(=O)N[C@H](C(=O)N[C@@](Cc2ccccc2)(NC(=O)OCc2ccno2)[C@H](O)[C@H](O)CCc2ccccc2)C(C)C)cs1. The van der Waals surface area contributed by atoms with Crippen LogP contribution in [0.3, 0.4) is 0 Å². The maximum absolute atomic E-state index is 14.3. The van der Waals surface area contributed by atoms with Gasteiger partial charge in [0.2, 0.25) is 5.91 Å². The first kappa shape index (κ1) is 39.0. The van der Waals surface area contributed by atoms with E-state index in [-0.39, 0.29) is 37.7 Å². The average Bonchev–Trinajstić information content (AvgIpc) is 3.82. The lowest BCUT2D eigenvalue weighted by atomic mass is 9.87. The van der Waals surface area contributed by atoms with Crippen molar-refractivity contribution in [3.63, 3.8) is 0 Å². The maximum atomic E-state index is 14.3. The third-order valence-electron chi connectivity index (χ3n) is 8.31. The number of aliphatic hydroxyl groups is 2. The van der Waals surface area contributed by atoms with Crippen LogP contribution >= 0.6 is 11.3 Å². The van der Waals surface area contributed by atoms with Crippen LogP contribution in [0.5, 0.6) is 0 Å². The second kappa shape index (κ2) is 18.4. The van der Waals surface area contributed by atoms with Crippen molar-refractivity contribution in [2.45, 2.75) is 89.9 Å². The normalized spacial score (nSPS) is 14.3. The van der Waals surface area contributed by atoms with E-state index in [0.717, 1.165) is 16.3 Å². The van der Waals surface area contributed by atoms with Crippen LogP contribution in [0.15, 0.2) is 82.8 Å². The minimum Gasteiger partial charge on any atom is -0.441 e. The molecule has 274 valence electrons. The van der Waals surface area contributed by atoms with Crippen LogP contribution in [0.25, 0.3) is 0 Å². The van der Waals surface area contributed by atoms with Gasteiger partial charge >= 0.3 is 12.1 Å². The first-order valence-electron chi connectivity index (χ1n) is 16.9. The first-order chi connectivity index (χ1) is 24.4. The third kappa shape index (κ3) is 11.4. The van der Waals surface area contributed by atoms with E-state index in [1.807, 2.05) is 55.6 Å². The molecule has 0 bridgehead atoms. The van der Waals surface area contributed by atoms with Gasteiger partial charge in [-0.05, 0) is 29.9 Å². The quantitative estimate of drug-likeness (QED) is 0.0963. The van der Waals surface area contributed by atoms with Gasteiger partial charge in [-0.3, -0.25) is 10.1 Å². The lowest BCUT2D eigenvalue weighted by molar-refractivity contribution is -0.131. The van der Waals surface area contributed by atoms with Gasteiger partial charge in [-0.1, -0.05) is 93.5 Å². The Labute approximate surface area is 302 Å². The first-order valence-corrected chi connectivity index (χ1v) is 17.8. The average molecular weight is 721 g/mol. The molecule has 2 aromatic carbocycles. The number of thiazole rings is 1. The highest BCUT2D eigenvalue weighted by Crippen LogP contribution is 2.23. The second-order valence-corrected chi connectivity index (χ2v) is 14.1. The number of nitrogens with one attached hydrogen (secondary N) is 3. The van der Waals surface area contributed by atoms with Crippen LogP contribution in [0, 0.1) is 5.92 Å². The molecule has 14 heteroatoms. The molecule has 0 saturated heterocycles. The second-order valence-electron chi connectivity index (χ2n) is 13.2. The molecule has 2 heterocycles. The number of hydrogen-bond acceptors (Lipinski definition) is 10. The maximum Gasteiger partial charge on any atom is 0.409 e. The summed E-state index contributed by atoms with van der Waals surface area (Å²) in [5.74, 6) is -0.574. The van der Waals surface area contributed by atoms with Crippen LogP contribution in [0.4, 0.5) is 9.59 Å². The van der Waals surface area contributed by atoms with Crippen molar-refractivity contribution in [2.24, 2.45) is 5.92 Å². The van der Waals surface area contributed by atoms with E-state index >= 15 is 0 Å². The molecular formula is C37H48N6O7S. The Balaban J connectivity index is 1.61. The van der Waals surface area contributed by atoms with Crippen LogP contribution in [-0.4, -0.2) is 74.2 Å². The highest BCUT2D eigenvalue weighted by molar-refractivity contribution is 7.09. The number of rotatable bonds is 17. The monoisotopic (exact) mass is 720 g/mol. The molecule has 4 atom stereocenters. The fraction of sp³-hybridized carbons (Fsp3) is 0.432. The van der Waals surface area contributed by atoms with E-state index in [1.165, 1.54) is 28.5 Å². The zero-order valence-corrected chi connectivity index (χ0v) is 30.4. The van der Waals surface area contributed by atoms with Crippen LogP contribution in [0.1, 0.15) is 67.6 Å². The Morgan fingerprint density at radius 2 is 1.63 bits per heavy atom. The number of alkyl carbamates (subject to hydrolysis) is 1. The van der Waals surface area contributed by atoms with Gasteiger partial charge in [0, 0.05) is 30.8 Å². The fourth-order valence-corrected chi connectivity index (χ4v) is 6.28. The van der Waals surface area contributed by atoms with E-state index in [1.54, 1.807) is 45.2 Å². The molecule has 51 heavy (non-hydrogen) atoms. The van der Waals surface area contributed by atoms with Gasteiger partial charge in [-0.25, -0.2) is 14.6 Å². The number of carbonyl (C=O) groups excluding carboxylic acids is 3. The molecule has 5 N–H and O–H groups in total. The van der Waals surface area contributed by atoms with E-state index < -0.39 is 47.9 Å². The van der Waals surface area contributed by atoms with Crippen molar-refractivity contribution >= 4 is 29.4 Å². The summed E-state index contributed by atoms with van der Waals surface area (Å²) in [7, 11) is 1.61. The number of nitrogens with zero attached hydrogens (tertiary/aromatic N) is 3. The number of urea groups is 1. The van der Waals surface area contributed by atoms with E-state index in [0.29, 0.717) is 12.0 Å². The van der Waals surface area contributed by atoms with Crippen LogP contribution in [0.2, 0.25) is 0 Å². The lowest BCUT2D eigenvalue weighted by Crippen LogP contribution is -2.72. The molecule has 4 rings (SSSR count). The molecule has 4 aromatic rings. The summed E-state index contributed by atoms with van der Waals surface area (Å²) in [5.41, 5.74) is 0.307. The summed E-state index contributed by atoms with van der Waals surface area (Å²) < 4.78 is 10.4. The van der Waals surface area contributed by atoms with Gasteiger partial charge in [0.1, 0.15) is 17.8 Å². The summed E-state index contributed by atoms with van der Waals surface area (Å²) in [6, 6.07) is 18.3. The Morgan fingerprint density at radius 1 is 0.961 bits per heavy atom. The number of amides is 4. The molecule has 0 aliphatic rings. The van der Waals surface area contributed by atoms with Gasteiger partial charge in [0.05, 0.1) is 29.5 Å². The third-order valence-corrected chi connectivity index (χ3v) is 9.51. The Hall–Kier alpha value is -4.79. The van der Waals surface area contributed by atoms with Gasteiger partial charge < -0.3 is 35.0 Å². The molecular weight excluding hydrogens is 673 g/mol. The van der Waals surface area contributed by atoms with E-state index in [9.17, 15) is 24.6 Å². The summed E-state index contributed by atoms with van der Waals surface area (Å²) in [5, 5.41) is 38.2. The van der Waals surface area contributed by atoms with Crippen molar-refractivity contribution in [1.82, 2.24) is 31.0 Å². The zero-order valence-electron chi connectivity index (χ0n) is 29.6. The number of hydrogen-bond donors (Lipinski definition) is 5. The van der Waals surface area contributed by atoms with Gasteiger partial charge in [0.15, 0.2) is 12.4 Å². The van der Waals surface area contributed by atoms with Crippen molar-refractivity contribution in [1.29, 1.82) is 0 Å². The summed E-state index contributed by atoms with van der Waals surface area (Å²) >= 11 is 1.53. The van der Waals surface area contributed by atoms with Crippen molar-refractivity contribution in [2.75, 3.05) is 7.05 Å². The number of carbonyl (C=O) groups is 3. The summed E-state index contributed by atoms with van der Waals surface area (Å²) in [6.45, 7) is 7.58. The smallest absolute Gasteiger partial charge is 0.409 e. The standard InChI is InChI=1S/C37H48N6O7S/c1-24(2)31(40-35(47)43(5)21-28-23-51-34(39-28)25(3)4)33(46)41-37(20-27-14-10-7-11-15-27,42-36(48)49-22-29-18-19-38-50-29)32(45)30(44)17-16-26-12-8-6-9-13-26/h6-15,18-19,23-25,30-32,44-45H,16-17,20-22H2,1-5H3,(H,40,47)(H,41,46)(H,42,48)/t30-,31+,32-,37+/m1/s1.